The fourth-order valence-electron chi connectivity index (χ4n) is 2.68. The summed E-state index contributed by atoms with van der Waals surface area (Å²) in [5.41, 5.74) is 4.21. The third-order valence-corrected chi connectivity index (χ3v) is 4.09. The van der Waals surface area contributed by atoms with Crippen molar-refractivity contribution in [2.24, 2.45) is 0 Å². The number of furan rings is 1. The second kappa shape index (κ2) is 7.33. The summed E-state index contributed by atoms with van der Waals surface area (Å²) in [6.45, 7) is 2.46. The molecule has 0 fully saturated rings. The zero-order chi connectivity index (χ0) is 18.6. The van der Waals surface area contributed by atoms with Crippen molar-refractivity contribution in [1.82, 2.24) is 15.1 Å². The predicted octanol–water partition coefficient (Wildman–Crippen LogP) is 4.32. The Morgan fingerprint density at radius 2 is 2.00 bits per heavy atom. The van der Waals surface area contributed by atoms with Gasteiger partial charge in [0, 0.05) is 24.4 Å². The fraction of sp³-hybridized carbons (Fsp3) is 0.150. The average Bonchev–Trinajstić information content (AvgIpc) is 3.38. The van der Waals surface area contributed by atoms with E-state index >= 15 is 0 Å². The molecule has 7 nitrogen and oxygen atoms in total. The monoisotopic (exact) mass is 362 g/mol. The predicted molar refractivity (Wildman–Crippen MR) is 100 cm³/mol. The topological polar surface area (TPSA) is 86.2 Å². The quantitative estimate of drug-likeness (QED) is 0.546. The maximum atomic E-state index is 5.39. The summed E-state index contributed by atoms with van der Waals surface area (Å²) < 4.78 is 15.8. The molecule has 0 amide bonds. The van der Waals surface area contributed by atoms with Gasteiger partial charge in [-0.25, -0.2) is 9.97 Å². The van der Waals surface area contributed by atoms with Crippen LogP contribution in [0.25, 0.3) is 22.6 Å². The van der Waals surface area contributed by atoms with Gasteiger partial charge in [-0.05, 0) is 30.7 Å². The Balaban J connectivity index is 1.61. The van der Waals surface area contributed by atoms with Gasteiger partial charge in [-0.1, -0.05) is 17.3 Å². The van der Waals surface area contributed by atoms with Crippen LogP contribution in [-0.4, -0.2) is 22.2 Å². The van der Waals surface area contributed by atoms with Gasteiger partial charge in [-0.3, -0.25) is 0 Å². The lowest BCUT2D eigenvalue weighted by atomic mass is 10.1. The molecule has 27 heavy (non-hydrogen) atoms. The second-order valence-electron chi connectivity index (χ2n) is 6.00. The van der Waals surface area contributed by atoms with Crippen LogP contribution in [0.2, 0.25) is 0 Å². The molecule has 0 spiro atoms. The molecule has 0 aliphatic heterocycles. The summed E-state index contributed by atoms with van der Waals surface area (Å²) in [4.78, 5) is 9.07. The summed E-state index contributed by atoms with van der Waals surface area (Å²) in [6, 6.07) is 11.5. The Kier molecular flexibility index (Phi) is 4.57. The molecule has 3 heterocycles. The lowest BCUT2D eigenvalue weighted by molar-refractivity contribution is 0.414. The minimum absolute atomic E-state index is 0.516. The van der Waals surface area contributed by atoms with Crippen molar-refractivity contribution in [3.63, 3.8) is 0 Å². The first-order chi connectivity index (χ1) is 13.2. The molecule has 0 atom stereocenters. The zero-order valence-corrected chi connectivity index (χ0v) is 15.0. The fourth-order valence-corrected chi connectivity index (χ4v) is 2.68. The van der Waals surface area contributed by atoms with E-state index in [2.05, 4.69) is 20.4 Å². The van der Waals surface area contributed by atoms with Gasteiger partial charge in [0.2, 0.25) is 5.95 Å². The molecule has 0 aliphatic rings. The largest absolute Gasteiger partial charge is 0.497 e. The van der Waals surface area contributed by atoms with E-state index in [-0.39, 0.29) is 0 Å². The molecule has 7 heteroatoms. The Hall–Kier alpha value is -3.61. The number of nitrogens with zero attached hydrogens (tertiary/aromatic N) is 3. The molecular weight excluding hydrogens is 344 g/mol. The van der Waals surface area contributed by atoms with Crippen LogP contribution in [0, 0.1) is 6.92 Å². The number of aryl methyl sites for hydroxylation is 1. The van der Waals surface area contributed by atoms with Crippen molar-refractivity contribution in [2.45, 2.75) is 13.5 Å². The van der Waals surface area contributed by atoms with Crippen LogP contribution in [0.15, 0.2) is 64.1 Å². The average molecular weight is 362 g/mol. The van der Waals surface area contributed by atoms with Gasteiger partial charge >= 0.3 is 0 Å². The molecule has 1 aromatic carbocycles. The Morgan fingerprint density at radius 3 is 2.67 bits per heavy atom. The third-order valence-electron chi connectivity index (χ3n) is 4.09. The van der Waals surface area contributed by atoms with Gasteiger partial charge in [-0.15, -0.1) is 0 Å². The highest BCUT2D eigenvalue weighted by Gasteiger charge is 2.16. The van der Waals surface area contributed by atoms with Crippen molar-refractivity contribution in [2.75, 3.05) is 12.4 Å². The van der Waals surface area contributed by atoms with E-state index in [1.807, 2.05) is 43.3 Å². The lowest BCUT2D eigenvalue weighted by Crippen LogP contribution is -2.04. The number of nitrogens with one attached hydrogen (secondary N) is 1. The Bertz CT molecular complexity index is 1020. The normalized spacial score (nSPS) is 10.7. The first kappa shape index (κ1) is 16.8. The third kappa shape index (κ3) is 3.67. The van der Waals surface area contributed by atoms with Gasteiger partial charge in [0.1, 0.15) is 5.75 Å². The highest BCUT2D eigenvalue weighted by molar-refractivity contribution is 5.77. The van der Waals surface area contributed by atoms with Crippen molar-refractivity contribution in [3.05, 3.63) is 66.4 Å². The molecule has 0 unspecified atom stereocenters. The van der Waals surface area contributed by atoms with E-state index in [0.717, 1.165) is 28.1 Å². The standard InChI is InChI=1S/C20H18N4O3/c1-13-9-18(27-24-13)17-11-22-20(23-19(17)15-7-8-26-12-15)21-10-14-3-5-16(25-2)6-4-14/h3-9,11-12H,10H2,1-2H3,(H,21,22,23). The van der Waals surface area contributed by atoms with E-state index in [0.29, 0.717) is 23.9 Å². The van der Waals surface area contributed by atoms with Crippen LogP contribution in [0.3, 0.4) is 0 Å². The molecule has 0 saturated heterocycles. The number of benzene rings is 1. The van der Waals surface area contributed by atoms with Crippen molar-refractivity contribution in [1.29, 1.82) is 0 Å². The van der Waals surface area contributed by atoms with Gasteiger partial charge < -0.3 is 19.0 Å². The Labute approximate surface area is 156 Å². The summed E-state index contributed by atoms with van der Waals surface area (Å²) in [6.07, 6.45) is 4.98. The van der Waals surface area contributed by atoms with E-state index in [4.69, 9.17) is 13.7 Å². The van der Waals surface area contributed by atoms with Crippen LogP contribution in [0.1, 0.15) is 11.3 Å². The zero-order valence-electron chi connectivity index (χ0n) is 15.0. The molecule has 136 valence electrons. The Morgan fingerprint density at radius 1 is 1.15 bits per heavy atom. The number of anilines is 1. The smallest absolute Gasteiger partial charge is 0.223 e. The van der Waals surface area contributed by atoms with Crippen LogP contribution in [-0.2, 0) is 6.54 Å². The molecule has 1 N–H and O–H groups in total. The molecule has 4 aromatic rings. The van der Waals surface area contributed by atoms with Crippen molar-refractivity contribution in [3.8, 4) is 28.3 Å². The number of rotatable bonds is 6. The molecule has 4 rings (SSSR count). The molecule has 0 saturated carbocycles. The van der Waals surface area contributed by atoms with Gasteiger partial charge in [-0.2, -0.15) is 0 Å². The molecule has 0 radical (unpaired) electrons. The minimum Gasteiger partial charge on any atom is -0.497 e. The first-order valence-electron chi connectivity index (χ1n) is 8.43. The van der Waals surface area contributed by atoms with E-state index in [1.165, 1.54) is 0 Å². The summed E-state index contributed by atoms with van der Waals surface area (Å²) in [5, 5.41) is 7.19. The highest BCUT2D eigenvalue weighted by Crippen LogP contribution is 2.31. The van der Waals surface area contributed by atoms with E-state index < -0.39 is 0 Å². The first-order valence-corrected chi connectivity index (χ1v) is 8.43. The maximum absolute atomic E-state index is 5.39. The molecule has 0 bridgehead atoms. The van der Waals surface area contributed by atoms with Crippen molar-refractivity contribution >= 4 is 5.95 Å². The number of aromatic nitrogens is 3. The van der Waals surface area contributed by atoms with Crippen LogP contribution < -0.4 is 10.1 Å². The van der Waals surface area contributed by atoms with Gasteiger partial charge in [0.25, 0.3) is 0 Å². The van der Waals surface area contributed by atoms with Crippen LogP contribution in [0.5, 0.6) is 5.75 Å². The maximum Gasteiger partial charge on any atom is 0.223 e. The van der Waals surface area contributed by atoms with Crippen LogP contribution >= 0.6 is 0 Å². The number of hydrogen-bond donors (Lipinski definition) is 1. The summed E-state index contributed by atoms with van der Waals surface area (Å²) in [5.74, 6) is 1.95. The summed E-state index contributed by atoms with van der Waals surface area (Å²) in [7, 11) is 1.65. The van der Waals surface area contributed by atoms with Crippen LogP contribution in [0.4, 0.5) is 5.95 Å². The van der Waals surface area contributed by atoms with E-state index in [1.54, 1.807) is 25.8 Å². The number of ether oxygens (including phenoxy) is 1. The second-order valence-corrected chi connectivity index (χ2v) is 6.00. The summed E-state index contributed by atoms with van der Waals surface area (Å²) >= 11 is 0. The van der Waals surface area contributed by atoms with Crippen molar-refractivity contribution < 1.29 is 13.7 Å². The van der Waals surface area contributed by atoms with E-state index in [9.17, 15) is 0 Å². The number of hydrogen-bond acceptors (Lipinski definition) is 7. The lowest BCUT2D eigenvalue weighted by Gasteiger charge is -2.09. The minimum atomic E-state index is 0.516. The molecular formula is C20H18N4O3. The highest BCUT2D eigenvalue weighted by atomic mass is 16.5. The van der Waals surface area contributed by atoms with Gasteiger partial charge in [0.05, 0.1) is 36.6 Å². The molecule has 3 aromatic heterocycles. The number of methoxy groups -OCH3 is 1. The van der Waals surface area contributed by atoms with Gasteiger partial charge in [0.15, 0.2) is 5.76 Å². The SMILES string of the molecule is COc1ccc(CNc2ncc(-c3cc(C)no3)c(-c3ccoc3)n2)cc1. The molecule has 0 aliphatic carbocycles.